The minimum absolute atomic E-state index is 0. The van der Waals surface area contributed by atoms with Crippen LogP contribution in [0.25, 0.3) is 5.65 Å². The standard InChI is InChI=1S/C20H26N6O2S.HI/c1-2-21-20(23-15-19-25-24-18-11-6-7-13-26(18)19)22-12-8-14-29(27,28)16-17-9-4-3-5-10-17;/h3-7,9-11,13H,2,8,12,14-16H2,1H3,(H2,21,22,23);1H. The summed E-state index contributed by atoms with van der Waals surface area (Å²) in [6.45, 7) is 3.57. The Labute approximate surface area is 194 Å². The largest absolute Gasteiger partial charge is 0.357 e. The van der Waals surface area contributed by atoms with Crippen molar-refractivity contribution in [1.29, 1.82) is 0 Å². The molecule has 162 valence electrons. The molecule has 10 heteroatoms. The molecule has 0 fully saturated rings. The summed E-state index contributed by atoms with van der Waals surface area (Å²) in [4.78, 5) is 4.53. The number of aliphatic imine (C=N–C) groups is 1. The van der Waals surface area contributed by atoms with E-state index in [1.165, 1.54) is 0 Å². The van der Waals surface area contributed by atoms with E-state index in [0.717, 1.165) is 17.0 Å². The highest BCUT2D eigenvalue weighted by molar-refractivity contribution is 14.0. The number of nitrogens with one attached hydrogen (secondary N) is 2. The molecule has 0 spiro atoms. The number of guanidine groups is 1. The van der Waals surface area contributed by atoms with E-state index in [4.69, 9.17) is 0 Å². The van der Waals surface area contributed by atoms with Crippen LogP contribution < -0.4 is 10.6 Å². The lowest BCUT2D eigenvalue weighted by molar-refractivity contribution is 0.591. The summed E-state index contributed by atoms with van der Waals surface area (Å²) in [6.07, 6.45) is 2.41. The van der Waals surface area contributed by atoms with Crippen LogP contribution >= 0.6 is 24.0 Å². The number of aromatic nitrogens is 3. The van der Waals surface area contributed by atoms with Gasteiger partial charge in [-0.05, 0) is 31.0 Å². The van der Waals surface area contributed by atoms with Crippen molar-refractivity contribution >= 4 is 45.4 Å². The number of hydrogen-bond acceptors (Lipinski definition) is 5. The summed E-state index contributed by atoms with van der Waals surface area (Å²) in [7, 11) is -3.14. The quantitative estimate of drug-likeness (QED) is 0.187. The molecule has 1 aromatic carbocycles. The SMILES string of the molecule is CCNC(=NCc1nnc2ccccn12)NCCCS(=O)(=O)Cc1ccccc1.I. The third-order valence-corrected chi connectivity index (χ3v) is 5.94. The van der Waals surface area contributed by atoms with E-state index in [0.29, 0.717) is 32.0 Å². The van der Waals surface area contributed by atoms with Gasteiger partial charge in [0.25, 0.3) is 0 Å². The summed E-state index contributed by atoms with van der Waals surface area (Å²) in [5, 5.41) is 14.6. The van der Waals surface area contributed by atoms with Crippen LogP contribution in [0.15, 0.2) is 59.7 Å². The number of sulfone groups is 1. The third-order valence-electron chi connectivity index (χ3n) is 4.26. The molecule has 3 rings (SSSR count). The van der Waals surface area contributed by atoms with Crippen LogP contribution in [-0.4, -0.2) is 47.8 Å². The van der Waals surface area contributed by atoms with Gasteiger partial charge in [-0.1, -0.05) is 36.4 Å². The minimum Gasteiger partial charge on any atom is -0.357 e. The molecular formula is C20H27IN6O2S. The Hall–Kier alpha value is -2.21. The first kappa shape index (κ1) is 24.1. The molecule has 2 aromatic heterocycles. The van der Waals surface area contributed by atoms with Crippen molar-refractivity contribution in [3.8, 4) is 0 Å². The molecule has 0 aliphatic rings. The van der Waals surface area contributed by atoms with Crippen LogP contribution in [0.2, 0.25) is 0 Å². The highest BCUT2D eigenvalue weighted by atomic mass is 127. The summed E-state index contributed by atoms with van der Waals surface area (Å²) < 4.78 is 26.5. The van der Waals surface area contributed by atoms with Gasteiger partial charge >= 0.3 is 0 Å². The molecule has 2 heterocycles. The molecule has 0 aliphatic carbocycles. The number of benzene rings is 1. The highest BCUT2D eigenvalue weighted by Gasteiger charge is 2.11. The van der Waals surface area contributed by atoms with Crippen molar-refractivity contribution in [1.82, 2.24) is 25.2 Å². The lowest BCUT2D eigenvalue weighted by atomic mass is 10.2. The smallest absolute Gasteiger partial charge is 0.191 e. The summed E-state index contributed by atoms with van der Waals surface area (Å²) in [5.74, 6) is 1.56. The molecule has 30 heavy (non-hydrogen) atoms. The van der Waals surface area contributed by atoms with Crippen LogP contribution in [0, 0.1) is 0 Å². The van der Waals surface area contributed by atoms with Crippen molar-refractivity contribution in [3.05, 3.63) is 66.1 Å². The van der Waals surface area contributed by atoms with Crippen molar-refractivity contribution in [2.45, 2.75) is 25.6 Å². The summed E-state index contributed by atoms with van der Waals surface area (Å²) in [5.41, 5.74) is 1.59. The third kappa shape index (κ3) is 7.24. The average Bonchev–Trinajstić information content (AvgIpc) is 3.13. The monoisotopic (exact) mass is 542 g/mol. The zero-order valence-electron chi connectivity index (χ0n) is 16.9. The predicted molar refractivity (Wildman–Crippen MR) is 130 cm³/mol. The van der Waals surface area contributed by atoms with Gasteiger partial charge in [-0.15, -0.1) is 34.2 Å². The van der Waals surface area contributed by atoms with E-state index in [9.17, 15) is 8.42 Å². The van der Waals surface area contributed by atoms with Gasteiger partial charge in [0.2, 0.25) is 0 Å². The van der Waals surface area contributed by atoms with Crippen LogP contribution in [-0.2, 0) is 22.1 Å². The van der Waals surface area contributed by atoms with Gasteiger partial charge in [-0.3, -0.25) is 4.40 Å². The maximum Gasteiger partial charge on any atom is 0.191 e. The fourth-order valence-electron chi connectivity index (χ4n) is 2.89. The Balaban J connectivity index is 0.00000320. The molecule has 0 bridgehead atoms. The fraction of sp³-hybridized carbons (Fsp3) is 0.350. The molecule has 0 amide bonds. The van der Waals surface area contributed by atoms with E-state index in [1.54, 1.807) is 0 Å². The van der Waals surface area contributed by atoms with Crippen molar-refractivity contribution in [3.63, 3.8) is 0 Å². The lowest BCUT2D eigenvalue weighted by Gasteiger charge is -2.11. The number of pyridine rings is 1. The van der Waals surface area contributed by atoms with E-state index in [1.807, 2.05) is 66.1 Å². The summed E-state index contributed by atoms with van der Waals surface area (Å²) >= 11 is 0. The average molecular weight is 542 g/mol. The van der Waals surface area contributed by atoms with E-state index in [-0.39, 0.29) is 35.5 Å². The number of halogens is 1. The number of fused-ring (bicyclic) bond motifs is 1. The Morgan fingerprint density at radius 1 is 1.07 bits per heavy atom. The summed E-state index contributed by atoms with van der Waals surface area (Å²) in [6, 6.07) is 15.0. The van der Waals surface area contributed by atoms with E-state index < -0.39 is 9.84 Å². The van der Waals surface area contributed by atoms with Crippen LogP contribution in [0.3, 0.4) is 0 Å². The van der Waals surface area contributed by atoms with Gasteiger partial charge in [0, 0.05) is 19.3 Å². The van der Waals surface area contributed by atoms with Gasteiger partial charge in [-0.25, -0.2) is 13.4 Å². The van der Waals surface area contributed by atoms with E-state index >= 15 is 0 Å². The molecule has 8 nitrogen and oxygen atoms in total. The second-order valence-corrected chi connectivity index (χ2v) is 8.78. The maximum atomic E-state index is 12.3. The minimum atomic E-state index is -3.14. The molecule has 0 saturated heterocycles. The fourth-order valence-corrected chi connectivity index (χ4v) is 4.32. The predicted octanol–water partition coefficient (Wildman–Crippen LogP) is 2.41. The molecule has 0 radical (unpaired) electrons. The zero-order chi connectivity index (χ0) is 20.5. The Bertz CT molecular complexity index is 1050. The molecule has 0 aliphatic heterocycles. The molecule has 0 unspecified atom stereocenters. The van der Waals surface area contributed by atoms with Crippen molar-refractivity contribution in [2.75, 3.05) is 18.8 Å². The second-order valence-electron chi connectivity index (χ2n) is 6.60. The molecular weight excluding hydrogens is 515 g/mol. The van der Waals surface area contributed by atoms with Gasteiger partial charge in [-0.2, -0.15) is 0 Å². The first-order valence-electron chi connectivity index (χ1n) is 9.62. The normalized spacial score (nSPS) is 11.8. The van der Waals surface area contributed by atoms with Crippen molar-refractivity contribution < 1.29 is 8.42 Å². The number of hydrogen-bond donors (Lipinski definition) is 2. The highest BCUT2D eigenvalue weighted by Crippen LogP contribution is 2.07. The van der Waals surface area contributed by atoms with Gasteiger partial charge in [0.05, 0.1) is 11.5 Å². The Morgan fingerprint density at radius 3 is 2.60 bits per heavy atom. The van der Waals surface area contributed by atoms with E-state index in [2.05, 4.69) is 25.8 Å². The molecule has 0 saturated carbocycles. The van der Waals surface area contributed by atoms with Gasteiger partial charge in [0.15, 0.2) is 27.3 Å². The van der Waals surface area contributed by atoms with Crippen LogP contribution in [0.5, 0.6) is 0 Å². The Morgan fingerprint density at radius 2 is 1.83 bits per heavy atom. The molecule has 0 atom stereocenters. The number of rotatable bonds is 9. The second kappa shape index (κ2) is 11.8. The zero-order valence-corrected chi connectivity index (χ0v) is 20.0. The first-order valence-corrected chi connectivity index (χ1v) is 11.4. The van der Waals surface area contributed by atoms with Gasteiger partial charge in [0.1, 0.15) is 6.54 Å². The molecule has 3 aromatic rings. The Kier molecular flexibility index (Phi) is 9.50. The van der Waals surface area contributed by atoms with Crippen LogP contribution in [0.4, 0.5) is 0 Å². The van der Waals surface area contributed by atoms with Crippen LogP contribution in [0.1, 0.15) is 24.7 Å². The topological polar surface area (TPSA) is 101 Å². The lowest BCUT2D eigenvalue weighted by Crippen LogP contribution is -2.38. The molecule has 2 N–H and O–H groups in total. The maximum absolute atomic E-state index is 12.3. The first-order chi connectivity index (χ1) is 14.1. The van der Waals surface area contributed by atoms with Gasteiger partial charge < -0.3 is 10.6 Å². The van der Waals surface area contributed by atoms with Crippen molar-refractivity contribution in [2.24, 2.45) is 4.99 Å². The number of nitrogens with zero attached hydrogens (tertiary/aromatic N) is 4.